The van der Waals surface area contributed by atoms with Gasteiger partial charge in [0, 0.05) is 17.1 Å². The van der Waals surface area contributed by atoms with E-state index in [0.29, 0.717) is 0 Å². The van der Waals surface area contributed by atoms with Gasteiger partial charge in [-0.1, -0.05) is 194 Å². The van der Waals surface area contributed by atoms with Gasteiger partial charge in [-0.2, -0.15) is 0 Å². The third kappa shape index (κ3) is 6.12. The molecule has 1 heteroatoms. The number of hydrogen-bond donors (Lipinski definition) is 0. The molecule has 0 amide bonds. The van der Waals surface area contributed by atoms with Crippen molar-refractivity contribution in [1.82, 2.24) is 0 Å². The van der Waals surface area contributed by atoms with Gasteiger partial charge in [0.25, 0.3) is 0 Å². The van der Waals surface area contributed by atoms with Crippen LogP contribution in [0.1, 0.15) is 0 Å². The second-order valence-corrected chi connectivity index (χ2v) is 15.2. The van der Waals surface area contributed by atoms with Crippen LogP contribution < -0.4 is 4.90 Å². The molecule has 59 heavy (non-hydrogen) atoms. The number of anilines is 3. The standard InChI is InChI=1S/C58H39N/c1-3-15-40(16-4-1)41-27-33-46(34-28-41)59(47-35-29-42(30-36-47)56-39-45-19-7-8-20-49(45)50-21-9-10-24-53(50)56)48-37-31-44(32-38-48)58-55-26-14-12-23-52(55)51-22-11-13-25-54(51)57(58)43-17-5-2-6-18-43/h1-39H. The van der Waals surface area contributed by atoms with Crippen molar-refractivity contribution in [3.63, 3.8) is 0 Å². The largest absolute Gasteiger partial charge is 0.311 e. The van der Waals surface area contributed by atoms with Gasteiger partial charge in [0.15, 0.2) is 0 Å². The minimum absolute atomic E-state index is 1.09. The summed E-state index contributed by atoms with van der Waals surface area (Å²) in [4.78, 5) is 2.37. The summed E-state index contributed by atoms with van der Waals surface area (Å²) in [5.74, 6) is 0. The SMILES string of the molecule is c1ccc(-c2ccc(N(c3ccc(-c4cc5ccccc5c5ccccc45)cc3)c3ccc(-c4c(-c5ccccc5)c5ccccc5c5ccccc45)cc3)cc2)cc1. The van der Waals surface area contributed by atoms with E-state index >= 15 is 0 Å². The summed E-state index contributed by atoms with van der Waals surface area (Å²) in [5, 5.41) is 10.1. The highest BCUT2D eigenvalue weighted by molar-refractivity contribution is 6.21. The Labute approximate surface area is 344 Å². The lowest BCUT2D eigenvalue weighted by Crippen LogP contribution is -2.09. The molecule has 0 fully saturated rings. The Morgan fingerprint density at radius 1 is 0.220 bits per heavy atom. The van der Waals surface area contributed by atoms with Crippen molar-refractivity contribution in [3.05, 3.63) is 237 Å². The Hall–Kier alpha value is -7.74. The van der Waals surface area contributed by atoms with Gasteiger partial charge in [-0.25, -0.2) is 0 Å². The predicted octanol–water partition coefficient (Wildman–Crippen LogP) is 16.4. The molecule has 11 aromatic carbocycles. The van der Waals surface area contributed by atoms with Crippen molar-refractivity contribution in [3.8, 4) is 44.5 Å². The van der Waals surface area contributed by atoms with Gasteiger partial charge in [-0.15, -0.1) is 0 Å². The quantitative estimate of drug-likeness (QED) is 0.147. The Morgan fingerprint density at radius 2 is 0.559 bits per heavy atom. The van der Waals surface area contributed by atoms with E-state index in [-0.39, 0.29) is 0 Å². The van der Waals surface area contributed by atoms with E-state index in [0.717, 1.165) is 17.1 Å². The zero-order chi connectivity index (χ0) is 39.1. The first-order valence-corrected chi connectivity index (χ1v) is 20.3. The monoisotopic (exact) mass is 749 g/mol. The fourth-order valence-corrected chi connectivity index (χ4v) is 9.09. The zero-order valence-electron chi connectivity index (χ0n) is 32.5. The van der Waals surface area contributed by atoms with Crippen molar-refractivity contribution < 1.29 is 0 Å². The van der Waals surface area contributed by atoms with E-state index < -0.39 is 0 Å². The van der Waals surface area contributed by atoms with Crippen LogP contribution >= 0.6 is 0 Å². The van der Waals surface area contributed by atoms with Crippen LogP contribution in [-0.2, 0) is 0 Å². The topological polar surface area (TPSA) is 3.24 Å². The van der Waals surface area contributed by atoms with Crippen LogP contribution in [0.15, 0.2) is 237 Å². The highest BCUT2D eigenvalue weighted by Gasteiger charge is 2.19. The average molecular weight is 750 g/mol. The van der Waals surface area contributed by atoms with Gasteiger partial charge in [0.2, 0.25) is 0 Å². The molecule has 0 N–H and O–H groups in total. The molecule has 11 aromatic rings. The summed E-state index contributed by atoms with van der Waals surface area (Å²) in [5.41, 5.74) is 13.0. The average Bonchev–Trinajstić information content (AvgIpc) is 3.32. The molecule has 0 bridgehead atoms. The minimum Gasteiger partial charge on any atom is -0.311 e. The van der Waals surface area contributed by atoms with Crippen LogP contribution in [0, 0.1) is 0 Å². The van der Waals surface area contributed by atoms with Gasteiger partial charge >= 0.3 is 0 Å². The van der Waals surface area contributed by atoms with E-state index in [4.69, 9.17) is 0 Å². The van der Waals surface area contributed by atoms with Gasteiger partial charge in [0.1, 0.15) is 0 Å². The van der Waals surface area contributed by atoms with Crippen LogP contribution in [0.4, 0.5) is 17.1 Å². The number of benzene rings is 11. The van der Waals surface area contributed by atoms with Crippen LogP contribution in [-0.4, -0.2) is 0 Å². The first kappa shape index (κ1) is 34.5. The van der Waals surface area contributed by atoms with Crippen molar-refractivity contribution >= 4 is 60.2 Å². The van der Waals surface area contributed by atoms with Crippen molar-refractivity contribution in [2.24, 2.45) is 0 Å². The normalized spacial score (nSPS) is 11.4. The fourth-order valence-electron chi connectivity index (χ4n) is 9.09. The first-order valence-electron chi connectivity index (χ1n) is 20.3. The maximum Gasteiger partial charge on any atom is 0.0462 e. The smallest absolute Gasteiger partial charge is 0.0462 e. The van der Waals surface area contributed by atoms with Gasteiger partial charge in [-0.3, -0.25) is 0 Å². The Morgan fingerprint density at radius 3 is 1.08 bits per heavy atom. The molecule has 0 radical (unpaired) electrons. The Bertz CT molecular complexity index is 3280. The Balaban J connectivity index is 1.05. The molecule has 11 rings (SSSR count). The number of hydrogen-bond acceptors (Lipinski definition) is 1. The van der Waals surface area contributed by atoms with Crippen molar-refractivity contribution in [2.75, 3.05) is 4.90 Å². The lowest BCUT2D eigenvalue weighted by atomic mass is 9.85. The molecule has 276 valence electrons. The highest BCUT2D eigenvalue weighted by atomic mass is 15.1. The number of fused-ring (bicyclic) bond motifs is 6. The molecule has 0 atom stereocenters. The molecule has 0 saturated carbocycles. The fraction of sp³-hybridized carbons (Fsp3) is 0. The molecular weight excluding hydrogens is 711 g/mol. The van der Waals surface area contributed by atoms with Gasteiger partial charge < -0.3 is 4.90 Å². The van der Waals surface area contributed by atoms with Crippen molar-refractivity contribution in [1.29, 1.82) is 0 Å². The molecule has 0 unspecified atom stereocenters. The molecule has 0 aliphatic heterocycles. The summed E-state index contributed by atoms with van der Waals surface area (Å²) in [7, 11) is 0. The maximum absolute atomic E-state index is 2.37. The van der Waals surface area contributed by atoms with Crippen LogP contribution in [0.3, 0.4) is 0 Å². The first-order chi connectivity index (χ1) is 29.3. The van der Waals surface area contributed by atoms with E-state index in [2.05, 4.69) is 241 Å². The van der Waals surface area contributed by atoms with E-state index in [9.17, 15) is 0 Å². The molecule has 0 aromatic heterocycles. The second-order valence-electron chi connectivity index (χ2n) is 15.2. The van der Waals surface area contributed by atoms with E-state index in [1.807, 2.05) is 0 Å². The molecule has 0 spiro atoms. The molecule has 0 aliphatic rings. The molecule has 0 aliphatic carbocycles. The number of rotatable bonds is 7. The van der Waals surface area contributed by atoms with Gasteiger partial charge in [0.05, 0.1) is 0 Å². The lowest BCUT2D eigenvalue weighted by molar-refractivity contribution is 1.28. The summed E-state index contributed by atoms with van der Waals surface area (Å²) in [6.45, 7) is 0. The summed E-state index contributed by atoms with van der Waals surface area (Å²) in [6.07, 6.45) is 0. The molecule has 0 saturated heterocycles. The molecule has 0 heterocycles. The van der Waals surface area contributed by atoms with Crippen LogP contribution in [0.2, 0.25) is 0 Å². The summed E-state index contributed by atoms with van der Waals surface area (Å²) < 4.78 is 0. The molecule has 1 nitrogen and oxygen atoms in total. The number of nitrogens with zero attached hydrogens (tertiary/aromatic N) is 1. The zero-order valence-corrected chi connectivity index (χ0v) is 32.5. The molecular formula is C58H39N. The van der Waals surface area contributed by atoms with E-state index in [1.54, 1.807) is 0 Å². The van der Waals surface area contributed by atoms with Crippen LogP contribution in [0.5, 0.6) is 0 Å². The van der Waals surface area contributed by atoms with E-state index in [1.165, 1.54) is 87.6 Å². The third-order valence-electron chi connectivity index (χ3n) is 11.8. The second kappa shape index (κ2) is 14.6. The van der Waals surface area contributed by atoms with Gasteiger partial charge in [-0.05, 0) is 130 Å². The maximum atomic E-state index is 2.37. The lowest BCUT2D eigenvalue weighted by Gasteiger charge is -2.26. The summed E-state index contributed by atoms with van der Waals surface area (Å²) in [6, 6.07) is 86.1. The Kier molecular flexibility index (Phi) is 8.56. The van der Waals surface area contributed by atoms with Crippen molar-refractivity contribution in [2.45, 2.75) is 0 Å². The third-order valence-corrected chi connectivity index (χ3v) is 11.8. The minimum atomic E-state index is 1.09. The summed E-state index contributed by atoms with van der Waals surface area (Å²) >= 11 is 0. The predicted molar refractivity (Wildman–Crippen MR) is 253 cm³/mol. The highest BCUT2D eigenvalue weighted by Crippen LogP contribution is 2.46. The van der Waals surface area contributed by atoms with Crippen LogP contribution in [0.25, 0.3) is 87.6 Å².